The average Bonchev–Trinajstić information content (AvgIpc) is 3.16. The molecular formula is C18H16Cl2N2O7S. The highest BCUT2D eigenvalue weighted by atomic mass is 35.5. The molecule has 1 unspecified atom stereocenters. The maximum atomic E-state index is 12.2. The highest BCUT2D eigenvalue weighted by Crippen LogP contribution is 2.34. The number of sulfonamides is 1. The maximum Gasteiger partial charge on any atom is 0.321 e. The molecule has 9 nitrogen and oxygen atoms in total. The van der Waals surface area contributed by atoms with Crippen molar-refractivity contribution in [2.24, 2.45) is 0 Å². The van der Waals surface area contributed by atoms with Crippen LogP contribution in [-0.2, 0) is 24.3 Å². The van der Waals surface area contributed by atoms with E-state index >= 15 is 0 Å². The van der Waals surface area contributed by atoms with Gasteiger partial charge >= 0.3 is 5.97 Å². The minimum Gasteiger partial charge on any atom is -0.454 e. The van der Waals surface area contributed by atoms with Gasteiger partial charge < -0.3 is 19.5 Å². The van der Waals surface area contributed by atoms with Crippen molar-refractivity contribution >= 4 is 50.8 Å². The van der Waals surface area contributed by atoms with Crippen LogP contribution in [0.5, 0.6) is 11.5 Å². The number of hydrogen-bond donors (Lipinski definition) is 2. The Morgan fingerprint density at radius 3 is 2.57 bits per heavy atom. The van der Waals surface area contributed by atoms with E-state index in [1.165, 1.54) is 19.1 Å². The molecule has 1 aliphatic heterocycles. The van der Waals surface area contributed by atoms with Crippen LogP contribution in [0, 0.1) is 0 Å². The van der Waals surface area contributed by atoms with E-state index in [0.29, 0.717) is 17.2 Å². The molecule has 0 aromatic heterocycles. The van der Waals surface area contributed by atoms with E-state index < -0.39 is 34.5 Å². The van der Waals surface area contributed by atoms with Crippen LogP contribution < -0.4 is 19.5 Å². The first kappa shape index (κ1) is 22.2. The van der Waals surface area contributed by atoms with Crippen molar-refractivity contribution in [3.63, 3.8) is 0 Å². The molecule has 2 aromatic carbocycles. The Balaban J connectivity index is 1.52. The lowest BCUT2D eigenvalue weighted by Gasteiger charge is -2.14. The van der Waals surface area contributed by atoms with Gasteiger partial charge in [0.25, 0.3) is 5.91 Å². The van der Waals surface area contributed by atoms with Crippen LogP contribution in [0.4, 0.5) is 5.69 Å². The normalized spacial score (nSPS) is 13.6. The van der Waals surface area contributed by atoms with Gasteiger partial charge in [-0.25, -0.2) is 8.42 Å². The van der Waals surface area contributed by atoms with Gasteiger partial charge in [0.1, 0.15) is 6.54 Å². The Kier molecular flexibility index (Phi) is 6.71. The minimum absolute atomic E-state index is 0.0518. The monoisotopic (exact) mass is 474 g/mol. The summed E-state index contributed by atoms with van der Waals surface area (Å²) in [5.41, 5.74) is 0.424. The van der Waals surface area contributed by atoms with Gasteiger partial charge in [-0.05, 0) is 37.3 Å². The number of hydrogen-bond acceptors (Lipinski definition) is 7. The summed E-state index contributed by atoms with van der Waals surface area (Å²) in [5.74, 6) is -0.502. The number of fused-ring (bicyclic) bond motifs is 1. The molecule has 0 saturated heterocycles. The second kappa shape index (κ2) is 9.09. The first-order valence-corrected chi connectivity index (χ1v) is 10.7. The van der Waals surface area contributed by atoms with E-state index in [2.05, 4.69) is 10.0 Å². The lowest BCUT2D eigenvalue weighted by molar-refractivity contribution is -0.151. The molecule has 0 bridgehead atoms. The molecule has 0 saturated carbocycles. The largest absolute Gasteiger partial charge is 0.454 e. The number of carbonyl (C=O) groups excluding carboxylic acids is 2. The fourth-order valence-electron chi connectivity index (χ4n) is 2.39. The first-order valence-electron chi connectivity index (χ1n) is 8.50. The molecule has 1 amide bonds. The third kappa shape index (κ3) is 5.33. The van der Waals surface area contributed by atoms with Gasteiger partial charge in [-0.1, -0.05) is 23.2 Å². The summed E-state index contributed by atoms with van der Waals surface area (Å²) < 4.78 is 41.9. The Hall–Kier alpha value is -2.53. The number of halogens is 2. The summed E-state index contributed by atoms with van der Waals surface area (Å²) in [6, 6.07) is 8.51. The van der Waals surface area contributed by atoms with E-state index in [1.807, 2.05) is 0 Å². The summed E-state index contributed by atoms with van der Waals surface area (Å²) in [6.07, 6.45) is -1.17. The number of anilines is 1. The molecule has 3 rings (SSSR count). The van der Waals surface area contributed by atoms with Crippen molar-refractivity contribution in [2.75, 3.05) is 18.7 Å². The molecule has 1 aliphatic rings. The summed E-state index contributed by atoms with van der Waals surface area (Å²) in [6.45, 7) is 0.775. The van der Waals surface area contributed by atoms with Crippen LogP contribution in [0.3, 0.4) is 0 Å². The highest BCUT2D eigenvalue weighted by molar-refractivity contribution is 7.89. The number of esters is 1. The molecule has 160 valence electrons. The zero-order valence-corrected chi connectivity index (χ0v) is 17.8. The number of nitrogens with one attached hydrogen (secondary N) is 2. The SMILES string of the molecule is CC(OC(=O)CNS(=O)(=O)c1ccc(Cl)c(Cl)c1)C(=O)Nc1ccc2c(c1)OCO2. The molecule has 0 fully saturated rings. The second-order valence-corrected chi connectivity index (χ2v) is 8.67. The molecule has 1 atom stereocenters. The number of rotatable bonds is 7. The Bertz CT molecular complexity index is 1090. The molecule has 12 heteroatoms. The predicted molar refractivity (Wildman–Crippen MR) is 108 cm³/mol. The predicted octanol–water partition coefficient (Wildman–Crippen LogP) is 2.57. The molecule has 1 heterocycles. The quantitative estimate of drug-likeness (QED) is 0.591. The Labute approximate surface area is 182 Å². The Morgan fingerprint density at radius 2 is 1.83 bits per heavy atom. The fraction of sp³-hybridized carbons (Fsp3) is 0.222. The molecular weight excluding hydrogens is 459 g/mol. The number of carbonyl (C=O) groups is 2. The molecule has 2 aromatic rings. The third-order valence-corrected chi connectivity index (χ3v) is 6.06. The van der Waals surface area contributed by atoms with Gasteiger partial charge in [-0.3, -0.25) is 9.59 Å². The zero-order chi connectivity index (χ0) is 21.9. The van der Waals surface area contributed by atoms with Crippen molar-refractivity contribution in [3.05, 3.63) is 46.4 Å². The first-order chi connectivity index (χ1) is 14.2. The summed E-state index contributed by atoms with van der Waals surface area (Å²) in [4.78, 5) is 24.0. The number of benzene rings is 2. The molecule has 0 radical (unpaired) electrons. The summed E-state index contributed by atoms with van der Waals surface area (Å²) in [5, 5.41) is 2.81. The van der Waals surface area contributed by atoms with Crippen molar-refractivity contribution in [2.45, 2.75) is 17.9 Å². The van der Waals surface area contributed by atoms with Crippen molar-refractivity contribution < 1.29 is 32.2 Å². The third-order valence-electron chi connectivity index (χ3n) is 3.93. The van der Waals surface area contributed by atoms with Crippen molar-refractivity contribution in [3.8, 4) is 11.5 Å². The summed E-state index contributed by atoms with van der Waals surface area (Å²) >= 11 is 11.6. The van der Waals surface area contributed by atoms with Crippen LogP contribution >= 0.6 is 23.2 Å². The zero-order valence-electron chi connectivity index (χ0n) is 15.5. The molecule has 2 N–H and O–H groups in total. The smallest absolute Gasteiger partial charge is 0.321 e. The van der Waals surface area contributed by atoms with Gasteiger partial charge in [0.15, 0.2) is 17.6 Å². The molecule has 30 heavy (non-hydrogen) atoms. The van der Waals surface area contributed by atoms with Gasteiger partial charge in [-0.2, -0.15) is 4.72 Å². The topological polar surface area (TPSA) is 120 Å². The van der Waals surface area contributed by atoms with Crippen LogP contribution in [0.25, 0.3) is 0 Å². The minimum atomic E-state index is -4.03. The van der Waals surface area contributed by atoms with Gasteiger partial charge in [0, 0.05) is 11.8 Å². The van der Waals surface area contributed by atoms with E-state index in [4.69, 9.17) is 37.4 Å². The maximum absolute atomic E-state index is 12.2. The van der Waals surface area contributed by atoms with Crippen LogP contribution in [0.15, 0.2) is 41.3 Å². The fourth-order valence-corrected chi connectivity index (χ4v) is 3.75. The lowest BCUT2D eigenvalue weighted by Crippen LogP contribution is -2.35. The van der Waals surface area contributed by atoms with Gasteiger partial charge in [0.05, 0.1) is 14.9 Å². The van der Waals surface area contributed by atoms with E-state index in [9.17, 15) is 18.0 Å². The molecule has 0 spiro atoms. The van der Waals surface area contributed by atoms with Crippen molar-refractivity contribution in [1.82, 2.24) is 4.72 Å². The second-order valence-electron chi connectivity index (χ2n) is 6.09. The van der Waals surface area contributed by atoms with Crippen LogP contribution in [0.1, 0.15) is 6.92 Å². The Morgan fingerprint density at radius 1 is 1.10 bits per heavy atom. The van der Waals surface area contributed by atoms with Gasteiger partial charge in [0.2, 0.25) is 16.8 Å². The lowest BCUT2D eigenvalue weighted by atomic mass is 10.2. The van der Waals surface area contributed by atoms with Gasteiger partial charge in [-0.15, -0.1) is 0 Å². The van der Waals surface area contributed by atoms with E-state index in [-0.39, 0.29) is 21.7 Å². The van der Waals surface area contributed by atoms with Crippen LogP contribution in [-0.4, -0.2) is 39.7 Å². The van der Waals surface area contributed by atoms with Crippen molar-refractivity contribution in [1.29, 1.82) is 0 Å². The highest BCUT2D eigenvalue weighted by Gasteiger charge is 2.22. The van der Waals surface area contributed by atoms with Crippen LogP contribution in [0.2, 0.25) is 10.0 Å². The number of ether oxygens (including phenoxy) is 3. The average molecular weight is 475 g/mol. The van der Waals surface area contributed by atoms with E-state index in [1.54, 1.807) is 18.2 Å². The molecule has 0 aliphatic carbocycles. The standard InChI is InChI=1S/C18H16Cl2N2O7S/c1-10(18(24)22-11-2-5-15-16(6-11)28-9-27-15)29-17(23)8-21-30(25,26)12-3-4-13(19)14(20)7-12/h2-7,10,21H,8-9H2,1H3,(H,22,24). The summed E-state index contributed by atoms with van der Waals surface area (Å²) in [7, 11) is -4.03. The number of amides is 1. The van der Waals surface area contributed by atoms with E-state index in [0.717, 1.165) is 6.07 Å².